The van der Waals surface area contributed by atoms with Crippen molar-refractivity contribution in [3.8, 4) is 55.6 Å². The topological polar surface area (TPSA) is 0 Å². The molecule has 0 saturated heterocycles. The van der Waals surface area contributed by atoms with Crippen LogP contribution in [-0.2, 0) is 12.8 Å². The maximum absolute atomic E-state index is 2.35. The number of fused-ring (bicyclic) bond motifs is 4. The van der Waals surface area contributed by atoms with Gasteiger partial charge in [0.05, 0.1) is 0 Å². The van der Waals surface area contributed by atoms with Crippen molar-refractivity contribution in [1.29, 1.82) is 0 Å². The lowest BCUT2D eigenvalue weighted by Crippen LogP contribution is -1.96. The highest BCUT2D eigenvalue weighted by Crippen LogP contribution is 2.37. The summed E-state index contributed by atoms with van der Waals surface area (Å²) < 4.78 is 0. The second-order valence-electron chi connectivity index (χ2n) is 14.4. The number of hydrogen-bond acceptors (Lipinski definition) is 0. The molecule has 0 amide bonds. The molecule has 10 rings (SSSR count). The molecule has 0 unspecified atom stereocenters. The molecule has 0 nitrogen and oxygen atoms in total. The molecule has 0 aliphatic heterocycles. The van der Waals surface area contributed by atoms with Gasteiger partial charge in [0.2, 0.25) is 0 Å². The fourth-order valence-electron chi connectivity index (χ4n) is 8.38. The van der Waals surface area contributed by atoms with E-state index in [9.17, 15) is 0 Å². The van der Waals surface area contributed by atoms with Crippen LogP contribution in [0.1, 0.15) is 35.1 Å². The van der Waals surface area contributed by atoms with Gasteiger partial charge in [-0.05, 0) is 162 Å². The molecule has 0 fully saturated rings. The van der Waals surface area contributed by atoms with Crippen LogP contribution >= 0.6 is 0 Å². The van der Waals surface area contributed by atoms with Crippen LogP contribution in [0.5, 0.6) is 0 Å². The van der Waals surface area contributed by atoms with E-state index in [4.69, 9.17) is 0 Å². The third-order valence-electron chi connectivity index (χ3n) is 11.2. The molecule has 0 heteroatoms. The van der Waals surface area contributed by atoms with Gasteiger partial charge in [-0.3, -0.25) is 0 Å². The second kappa shape index (κ2) is 12.8. The maximum Gasteiger partial charge on any atom is -0.0109 e. The zero-order valence-electron chi connectivity index (χ0n) is 29.1. The summed E-state index contributed by atoms with van der Waals surface area (Å²) in [6.45, 7) is 0. The largest absolute Gasteiger partial charge is 0.0836 e. The predicted octanol–water partition coefficient (Wildman–Crippen LogP) is 14.2. The lowest BCUT2D eigenvalue weighted by atomic mass is 9.89. The Morgan fingerprint density at radius 3 is 1.04 bits per heavy atom. The van der Waals surface area contributed by atoms with Gasteiger partial charge < -0.3 is 0 Å². The summed E-state index contributed by atoms with van der Waals surface area (Å²) in [4.78, 5) is 0. The van der Waals surface area contributed by atoms with Crippen molar-refractivity contribution in [3.05, 3.63) is 192 Å². The highest BCUT2D eigenvalue weighted by Gasteiger charge is 2.13. The number of hydrogen-bond donors (Lipinski definition) is 0. The Bertz CT molecular complexity index is 2550. The van der Waals surface area contributed by atoms with Crippen molar-refractivity contribution in [3.63, 3.8) is 0 Å². The lowest BCUT2D eigenvalue weighted by Gasteiger charge is -2.16. The van der Waals surface area contributed by atoms with E-state index < -0.39 is 0 Å². The Kier molecular flexibility index (Phi) is 7.54. The molecule has 2 aliphatic carbocycles. The van der Waals surface area contributed by atoms with Crippen LogP contribution < -0.4 is 0 Å². The number of rotatable bonds is 5. The summed E-state index contributed by atoms with van der Waals surface area (Å²) in [6.07, 6.45) is 13.7. The zero-order valence-corrected chi connectivity index (χ0v) is 29.1. The summed E-state index contributed by atoms with van der Waals surface area (Å²) in [5, 5.41) is 5.02. The Morgan fingerprint density at radius 2 is 0.635 bits per heavy atom. The van der Waals surface area contributed by atoms with E-state index in [1.807, 2.05) is 0 Å². The van der Waals surface area contributed by atoms with E-state index in [1.165, 1.54) is 99.4 Å². The van der Waals surface area contributed by atoms with E-state index in [2.05, 4.69) is 182 Å². The summed E-state index contributed by atoms with van der Waals surface area (Å²) >= 11 is 0. The molecule has 8 aromatic rings. The molecule has 246 valence electrons. The molecule has 0 aromatic heterocycles. The minimum absolute atomic E-state index is 1.12. The smallest absolute Gasteiger partial charge is 0.0109 e. The zero-order chi connectivity index (χ0) is 34.4. The van der Waals surface area contributed by atoms with E-state index in [0.29, 0.717) is 0 Å². The minimum Gasteiger partial charge on any atom is -0.0836 e. The highest BCUT2D eigenvalue weighted by atomic mass is 14.2. The first-order valence-electron chi connectivity index (χ1n) is 18.6. The summed E-state index contributed by atoms with van der Waals surface area (Å²) in [5.74, 6) is 0. The van der Waals surface area contributed by atoms with Gasteiger partial charge >= 0.3 is 0 Å². The van der Waals surface area contributed by atoms with Gasteiger partial charge in [0.25, 0.3) is 0 Å². The second-order valence-corrected chi connectivity index (χ2v) is 14.4. The van der Waals surface area contributed by atoms with Crippen LogP contribution in [0, 0.1) is 0 Å². The van der Waals surface area contributed by atoms with Gasteiger partial charge in [-0.15, -0.1) is 0 Å². The van der Waals surface area contributed by atoms with Gasteiger partial charge in [-0.2, -0.15) is 0 Å². The molecule has 8 aromatic carbocycles. The van der Waals surface area contributed by atoms with Gasteiger partial charge in [0, 0.05) is 0 Å². The van der Waals surface area contributed by atoms with E-state index in [-0.39, 0.29) is 0 Å². The summed E-state index contributed by atoms with van der Waals surface area (Å²) in [5.41, 5.74) is 18.3. The monoisotopic (exact) mass is 662 g/mol. The molecule has 2 aliphatic rings. The van der Waals surface area contributed by atoms with Crippen LogP contribution in [-0.4, -0.2) is 0 Å². The molecule has 0 saturated carbocycles. The van der Waals surface area contributed by atoms with Crippen molar-refractivity contribution in [2.75, 3.05) is 0 Å². The molecular weight excluding hydrogens is 625 g/mol. The van der Waals surface area contributed by atoms with Crippen LogP contribution in [0.3, 0.4) is 0 Å². The third kappa shape index (κ3) is 5.58. The molecule has 0 atom stereocenters. The molecule has 0 heterocycles. The number of benzene rings is 8. The van der Waals surface area contributed by atoms with Gasteiger partial charge in [-0.1, -0.05) is 146 Å². The van der Waals surface area contributed by atoms with Crippen molar-refractivity contribution in [2.45, 2.75) is 25.7 Å². The van der Waals surface area contributed by atoms with Crippen molar-refractivity contribution in [1.82, 2.24) is 0 Å². The van der Waals surface area contributed by atoms with E-state index >= 15 is 0 Å². The standard InChI is InChI=1S/C52H38/c1-3-17-49-35(9-1)11-7-19-51(49)47-15-5-13-37(33-47)39-21-23-43-31-45(27-25-41(43)29-39)46-28-26-42-30-40(22-24-44(42)32-46)38-14-6-16-48(34-38)52-20-8-12-36-10-2-4-18-50(36)52/h3-8,11-34H,1-2,9-10H2. The van der Waals surface area contributed by atoms with E-state index in [1.54, 1.807) is 0 Å². The molecular formula is C52H38. The first kappa shape index (κ1) is 30.6. The Morgan fingerprint density at radius 1 is 0.288 bits per heavy atom. The minimum atomic E-state index is 1.12. The first-order chi connectivity index (χ1) is 25.7. The van der Waals surface area contributed by atoms with Gasteiger partial charge in [0.15, 0.2) is 0 Å². The van der Waals surface area contributed by atoms with Crippen LogP contribution in [0.2, 0.25) is 0 Å². The van der Waals surface area contributed by atoms with E-state index in [0.717, 1.165) is 25.7 Å². The Balaban J connectivity index is 0.926. The van der Waals surface area contributed by atoms with Gasteiger partial charge in [0.1, 0.15) is 0 Å². The number of aryl methyl sites for hydroxylation is 2. The van der Waals surface area contributed by atoms with Crippen LogP contribution in [0.25, 0.3) is 89.3 Å². The number of allylic oxidation sites excluding steroid dienone is 2. The highest BCUT2D eigenvalue weighted by molar-refractivity contribution is 5.95. The van der Waals surface area contributed by atoms with Crippen molar-refractivity contribution < 1.29 is 0 Å². The molecule has 52 heavy (non-hydrogen) atoms. The first-order valence-corrected chi connectivity index (χ1v) is 18.6. The Hall–Kier alpha value is -6.24. The van der Waals surface area contributed by atoms with Gasteiger partial charge in [-0.25, -0.2) is 0 Å². The fraction of sp³-hybridized carbons (Fsp3) is 0.0769. The average molecular weight is 663 g/mol. The van der Waals surface area contributed by atoms with Crippen LogP contribution in [0.4, 0.5) is 0 Å². The summed E-state index contributed by atoms with van der Waals surface area (Å²) in [7, 11) is 0. The van der Waals surface area contributed by atoms with Crippen molar-refractivity contribution in [2.24, 2.45) is 0 Å². The fourth-order valence-corrected chi connectivity index (χ4v) is 8.38. The lowest BCUT2D eigenvalue weighted by molar-refractivity contribution is 0.986. The molecule has 0 radical (unpaired) electrons. The summed E-state index contributed by atoms with van der Waals surface area (Å²) in [6, 6.07) is 59.0. The molecule has 0 bridgehead atoms. The average Bonchev–Trinajstić information content (AvgIpc) is 3.22. The van der Waals surface area contributed by atoms with Crippen LogP contribution in [0.15, 0.2) is 170 Å². The maximum atomic E-state index is 2.35. The SMILES string of the molecule is C1=Cc2c(cccc2-c2cccc(-c3ccc4cc(-c5ccc6cc(-c7cccc(-c8cccc9c8C=CCC9)c7)ccc6c5)ccc4c3)c2)CC1. The normalized spacial score (nSPS) is 13.3. The molecule has 0 N–H and O–H groups in total. The predicted molar refractivity (Wildman–Crippen MR) is 223 cm³/mol. The molecule has 0 spiro atoms. The van der Waals surface area contributed by atoms with Crippen molar-refractivity contribution >= 4 is 33.7 Å². The Labute approximate surface area is 306 Å². The third-order valence-corrected chi connectivity index (χ3v) is 11.2. The quantitative estimate of drug-likeness (QED) is 0.172.